The van der Waals surface area contributed by atoms with Gasteiger partial charge in [-0.05, 0) is 132 Å². The summed E-state index contributed by atoms with van der Waals surface area (Å²) in [6.45, 7) is 13.2. The zero-order chi connectivity index (χ0) is 46.5. The molecule has 0 aliphatic carbocycles. The number of imide groups is 1. The van der Waals surface area contributed by atoms with Gasteiger partial charge in [0.05, 0.1) is 30.4 Å². The van der Waals surface area contributed by atoms with E-state index in [-0.39, 0.29) is 60.6 Å². The number of aliphatic hydroxyl groups is 1. The molecule has 7 saturated heterocycles. The number of fused-ring (bicyclic) bond motifs is 7. The predicted molar refractivity (Wildman–Crippen MR) is 260 cm³/mol. The van der Waals surface area contributed by atoms with Crippen molar-refractivity contribution >= 4 is 40.7 Å². The highest BCUT2D eigenvalue weighted by molar-refractivity contribution is 6.05. The number of allylic oxidation sites excluding steroid dienone is 1. The van der Waals surface area contributed by atoms with Crippen molar-refractivity contribution in [2.24, 2.45) is 11.8 Å². The Morgan fingerprint density at radius 3 is 2.35 bits per heavy atom. The summed E-state index contributed by atoms with van der Waals surface area (Å²) in [5.41, 5.74) is 4.20. The van der Waals surface area contributed by atoms with Crippen molar-refractivity contribution in [3.63, 3.8) is 0 Å². The summed E-state index contributed by atoms with van der Waals surface area (Å²) >= 11 is 0. The molecule has 7 atom stereocenters. The number of hydrazine groups is 1. The summed E-state index contributed by atoms with van der Waals surface area (Å²) in [5, 5.41) is 32.7. The van der Waals surface area contributed by atoms with Crippen LogP contribution in [0, 0.1) is 11.8 Å². The summed E-state index contributed by atoms with van der Waals surface area (Å²) in [6, 6.07) is 15.0. The molecular formula is C51H72N12O5. The fourth-order valence-corrected chi connectivity index (χ4v) is 13.0. The van der Waals surface area contributed by atoms with Crippen LogP contribution in [-0.4, -0.2) is 168 Å². The van der Waals surface area contributed by atoms with E-state index in [4.69, 9.17) is 0 Å². The Bertz CT molecular complexity index is 2220. The van der Waals surface area contributed by atoms with Crippen LogP contribution in [0.15, 0.2) is 54.6 Å². The molecule has 9 heterocycles. The number of nitrogens with zero attached hydrogens (tertiary/aromatic N) is 7. The van der Waals surface area contributed by atoms with E-state index in [0.717, 1.165) is 114 Å². The van der Waals surface area contributed by atoms with Crippen LogP contribution in [-0.2, 0) is 20.9 Å². The number of anilines is 3. The lowest BCUT2D eigenvalue weighted by atomic mass is 9.85. The third-order valence-corrected chi connectivity index (χ3v) is 17.0. The van der Waals surface area contributed by atoms with E-state index in [1.54, 1.807) is 4.90 Å². The van der Waals surface area contributed by atoms with Crippen molar-refractivity contribution in [2.75, 3.05) is 87.1 Å². The van der Waals surface area contributed by atoms with Crippen molar-refractivity contribution < 1.29 is 24.3 Å². The molecule has 2 bridgehead atoms. The highest BCUT2D eigenvalue weighted by Crippen LogP contribution is 2.36. The summed E-state index contributed by atoms with van der Waals surface area (Å²) in [7, 11) is 0. The molecule has 0 aromatic heterocycles. The fraction of sp³-hybridized carbons (Fsp3) is 0.647. The van der Waals surface area contributed by atoms with Crippen LogP contribution in [0.3, 0.4) is 0 Å². The number of carbonyl (C=O) groups is 4. The third-order valence-electron chi connectivity index (χ3n) is 17.0. The topological polar surface area (TPSA) is 171 Å². The molecule has 9 aliphatic heterocycles. The summed E-state index contributed by atoms with van der Waals surface area (Å²) < 4.78 is 0. The number of nitrogens with one attached hydrogen (secondary N) is 5. The van der Waals surface area contributed by atoms with Crippen molar-refractivity contribution in [3.05, 3.63) is 65.7 Å². The smallest absolute Gasteiger partial charge is 0.255 e. The molecule has 4 amide bonds. The van der Waals surface area contributed by atoms with Gasteiger partial charge in [0.15, 0.2) is 0 Å². The van der Waals surface area contributed by atoms with Crippen LogP contribution in [0.25, 0.3) is 0 Å². The standard InChI is InChI=1S/C51H72N12O5/c1-51(68)20-3-2-4-21-62-49(67)41-31-52-50(56-46(41)63(62)44-7-5-6-43(51)54-44)53-36-9-12-37(13-10-36)59-26-28-60(29-27-59)38-18-22-57(23-19-38)32-34-16-24-58(25-17-34)39-11-8-35-33-61(48(66)40(35)30-39)42-14-15-45(64)55-47(42)65/h2,4,8-13,30,34,38,41-44,46,50,52-54,56,68H,3,5-7,14-29,31-33H2,1H3,(H,55,64,65)/b4-2-/t41?,42?,43?,44?,46?,50?,51-/m1/s1. The molecule has 7 fully saturated rings. The van der Waals surface area contributed by atoms with Gasteiger partial charge >= 0.3 is 0 Å². The lowest BCUT2D eigenvalue weighted by Gasteiger charge is -2.47. The Morgan fingerprint density at radius 1 is 0.809 bits per heavy atom. The first-order chi connectivity index (χ1) is 33.0. The molecule has 0 saturated carbocycles. The van der Waals surface area contributed by atoms with Crippen LogP contribution in [0.1, 0.15) is 93.5 Å². The highest BCUT2D eigenvalue weighted by atomic mass is 16.3. The molecule has 9 aliphatic rings. The molecule has 17 nitrogen and oxygen atoms in total. The van der Waals surface area contributed by atoms with Crippen LogP contribution in [0.5, 0.6) is 0 Å². The zero-order valence-electron chi connectivity index (χ0n) is 39.8. The Hall–Kier alpha value is -4.62. The van der Waals surface area contributed by atoms with Crippen molar-refractivity contribution in [2.45, 2.75) is 126 Å². The molecule has 0 spiro atoms. The Labute approximate surface area is 400 Å². The van der Waals surface area contributed by atoms with Crippen molar-refractivity contribution in [1.29, 1.82) is 0 Å². The fourth-order valence-electron chi connectivity index (χ4n) is 13.0. The molecule has 17 heteroatoms. The molecule has 2 aromatic carbocycles. The molecule has 6 N–H and O–H groups in total. The van der Waals surface area contributed by atoms with Crippen LogP contribution < -0.4 is 36.4 Å². The van der Waals surface area contributed by atoms with Gasteiger partial charge in [-0.25, -0.2) is 0 Å². The largest absolute Gasteiger partial charge is 0.389 e. The maximum Gasteiger partial charge on any atom is 0.255 e. The summed E-state index contributed by atoms with van der Waals surface area (Å²) in [4.78, 5) is 63.4. The average Bonchev–Trinajstić information content (AvgIpc) is 3.82. The van der Waals surface area contributed by atoms with E-state index in [1.807, 2.05) is 24.1 Å². The Balaban J connectivity index is 0.611. The quantitative estimate of drug-likeness (QED) is 0.169. The number of piperidine rings is 4. The molecule has 366 valence electrons. The lowest BCUT2D eigenvalue weighted by Crippen LogP contribution is -2.69. The average molecular weight is 933 g/mol. The Kier molecular flexibility index (Phi) is 13.0. The molecular weight excluding hydrogens is 861 g/mol. The first-order valence-electron chi connectivity index (χ1n) is 25.9. The van der Waals surface area contributed by atoms with Crippen molar-refractivity contribution in [3.8, 4) is 0 Å². The first kappa shape index (κ1) is 45.8. The summed E-state index contributed by atoms with van der Waals surface area (Å²) in [5.74, 6) is -0.114. The number of rotatable bonds is 8. The zero-order valence-corrected chi connectivity index (χ0v) is 39.8. The first-order valence-corrected chi connectivity index (χ1v) is 25.9. The van der Waals surface area contributed by atoms with Crippen LogP contribution in [0.2, 0.25) is 0 Å². The van der Waals surface area contributed by atoms with E-state index in [2.05, 4.69) is 93.7 Å². The predicted octanol–water partition coefficient (Wildman–Crippen LogP) is 2.41. The number of benzene rings is 2. The lowest BCUT2D eigenvalue weighted by molar-refractivity contribution is -0.146. The monoisotopic (exact) mass is 933 g/mol. The van der Waals surface area contributed by atoms with E-state index >= 15 is 0 Å². The van der Waals surface area contributed by atoms with E-state index in [0.29, 0.717) is 50.0 Å². The van der Waals surface area contributed by atoms with Gasteiger partial charge in [-0.3, -0.25) is 50.4 Å². The van der Waals surface area contributed by atoms with E-state index < -0.39 is 11.6 Å². The molecule has 2 aromatic rings. The number of amides is 4. The van der Waals surface area contributed by atoms with Gasteiger partial charge in [0.25, 0.3) is 5.91 Å². The molecule has 0 radical (unpaired) electrons. The second-order valence-electron chi connectivity index (χ2n) is 21.3. The number of likely N-dealkylation sites (tertiary alicyclic amines) is 1. The van der Waals surface area contributed by atoms with Crippen LogP contribution >= 0.6 is 0 Å². The maximum atomic E-state index is 13.8. The minimum Gasteiger partial charge on any atom is -0.389 e. The van der Waals surface area contributed by atoms with Gasteiger partial charge < -0.3 is 30.0 Å². The number of piperazine rings is 1. The molecule has 6 unspecified atom stereocenters. The number of hydrogen-bond acceptors (Lipinski definition) is 14. The molecule has 11 rings (SSSR count). The Morgan fingerprint density at radius 2 is 1.57 bits per heavy atom. The van der Waals surface area contributed by atoms with Crippen molar-refractivity contribution in [1.82, 2.24) is 46.0 Å². The van der Waals surface area contributed by atoms with Gasteiger partial charge in [-0.2, -0.15) is 5.01 Å². The second kappa shape index (κ2) is 19.3. The maximum absolute atomic E-state index is 13.8. The number of hydrogen-bond donors (Lipinski definition) is 6. The summed E-state index contributed by atoms with van der Waals surface area (Å²) in [6.07, 6.45) is 13.6. The van der Waals surface area contributed by atoms with Crippen LogP contribution in [0.4, 0.5) is 17.1 Å². The third kappa shape index (κ3) is 9.27. The second-order valence-corrected chi connectivity index (χ2v) is 21.3. The minimum atomic E-state index is -0.804. The van der Waals surface area contributed by atoms with Gasteiger partial charge in [0.1, 0.15) is 12.3 Å². The van der Waals surface area contributed by atoms with Gasteiger partial charge in [-0.1, -0.05) is 18.2 Å². The van der Waals surface area contributed by atoms with E-state index in [9.17, 15) is 24.3 Å². The van der Waals surface area contributed by atoms with Gasteiger partial charge in [0, 0.05) is 100 Å². The minimum absolute atomic E-state index is 0.0152. The van der Waals surface area contributed by atoms with E-state index in [1.165, 1.54) is 18.5 Å². The van der Waals surface area contributed by atoms with Gasteiger partial charge in [-0.15, -0.1) is 0 Å². The normalized spacial score (nSPS) is 33.2. The SMILES string of the molecule is C[C@@]1(O)CC/C=C\CN2C(=O)C3CNC(Nc4ccc(N5CCN(C6CCN(CC7CCN(c8ccc9c(c8)C(=O)N(C8CCC(=O)NC8=O)C9)CC7)CC6)CC5)cc4)NC3N2C2CCCC1N2. The molecule has 68 heavy (non-hydrogen) atoms. The highest BCUT2D eigenvalue weighted by Gasteiger charge is 2.53. The van der Waals surface area contributed by atoms with Gasteiger partial charge in [0.2, 0.25) is 17.7 Å². The number of carbonyl (C=O) groups excluding carboxylic acids is 4.